The number of carbonyl (C=O) groups is 2. The number of hydrogen-bond donors (Lipinski definition) is 1. The van der Waals surface area contributed by atoms with E-state index in [1.165, 1.54) is 24.1 Å². The number of methoxy groups -OCH3 is 1. The molecule has 1 N–H and O–H groups in total. The van der Waals surface area contributed by atoms with Crippen molar-refractivity contribution in [3.05, 3.63) is 29.6 Å². The van der Waals surface area contributed by atoms with Gasteiger partial charge in [-0.2, -0.15) is 0 Å². The number of nitrogens with one attached hydrogen (secondary N) is 1. The summed E-state index contributed by atoms with van der Waals surface area (Å²) in [7, 11) is 3.01. The third kappa shape index (κ3) is 2.89. The number of amides is 2. The molecule has 1 aromatic carbocycles. The molecule has 1 fully saturated rings. The molecule has 0 aromatic heterocycles. The quantitative estimate of drug-likeness (QED) is 0.897. The molecular formula is C14H17FN2O3. The topological polar surface area (TPSA) is 58.6 Å². The van der Waals surface area contributed by atoms with E-state index in [4.69, 9.17) is 4.74 Å². The summed E-state index contributed by atoms with van der Waals surface area (Å²) in [4.78, 5) is 24.8. The first-order valence-corrected chi connectivity index (χ1v) is 6.38. The summed E-state index contributed by atoms with van der Waals surface area (Å²) >= 11 is 0. The molecule has 1 atom stereocenters. The Kier molecular flexibility index (Phi) is 4.22. The highest BCUT2D eigenvalue weighted by molar-refractivity contribution is 5.90. The van der Waals surface area contributed by atoms with Crippen molar-refractivity contribution in [1.82, 2.24) is 10.2 Å². The predicted molar refractivity (Wildman–Crippen MR) is 70.6 cm³/mol. The standard InChI is InChI=1S/C14H17FN2O3/c1-17-11(4-6-13(17)18)14(19)16-8-9-3-5-12(20-2)10(15)7-9/h3,5,7,11H,4,6,8H2,1-2H3,(H,16,19). The fourth-order valence-electron chi connectivity index (χ4n) is 2.24. The molecule has 0 saturated carbocycles. The van der Waals surface area contributed by atoms with Crippen molar-refractivity contribution < 1.29 is 18.7 Å². The van der Waals surface area contributed by atoms with Gasteiger partial charge in [-0.05, 0) is 24.1 Å². The normalized spacial score (nSPS) is 18.2. The zero-order valence-corrected chi connectivity index (χ0v) is 11.5. The molecule has 1 heterocycles. The van der Waals surface area contributed by atoms with Crippen LogP contribution < -0.4 is 10.1 Å². The summed E-state index contributed by atoms with van der Waals surface area (Å²) in [5.74, 6) is -0.538. The van der Waals surface area contributed by atoms with E-state index in [0.29, 0.717) is 18.4 Å². The number of likely N-dealkylation sites (N-methyl/N-ethyl adjacent to an activating group) is 1. The van der Waals surface area contributed by atoms with Gasteiger partial charge < -0.3 is 15.0 Å². The summed E-state index contributed by atoms with van der Waals surface area (Å²) in [6, 6.07) is 4.10. The molecular weight excluding hydrogens is 263 g/mol. The molecule has 0 spiro atoms. The van der Waals surface area contributed by atoms with Crippen LogP contribution in [0.5, 0.6) is 5.75 Å². The monoisotopic (exact) mass is 280 g/mol. The Morgan fingerprint density at radius 3 is 2.85 bits per heavy atom. The maximum atomic E-state index is 13.5. The molecule has 1 saturated heterocycles. The van der Waals surface area contributed by atoms with Crippen LogP contribution in [0.4, 0.5) is 4.39 Å². The van der Waals surface area contributed by atoms with E-state index in [2.05, 4.69) is 5.32 Å². The van der Waals surface area contributed by atoms with Gasteiger partial charge in [0.05, 0.1) is 7.11 Å². The number of hydrogen-bond acceptors (Lipinski definition) is 3. The maximum Gasteiger partial charge on any atom is 0.243 e. The summed E-state index contributed by atoms with van der Waals surface area (Å²) in [6.45, 7) is 0.221. The van der Waals surface area contributed by atoms with E-state index in [9.17, 15) is 14.0 Å². The number of benzene rings is 1. The van der Waals surface area contributed by atoms with Crippen LogP contribution in [-0.4, -0.2) is 36.9 Å². The molecule has 0 bridgehead atoms. The Bertz CT molecular complexity index is 533. The van der Waals surface area contributed by atoms with Gasteiger partial charge in [-0.25, -0.2) is 4.39 Å². The molecule has 2 rings (SSSR count). The zero-order valence-electron chi connectivity index (χ0n) is 11.5. The van der Waals surface area contributed by atoms with E-state index in [1.807, 2.05) is 0 Å². The molecule has 0 radical (unpaired) electrons. The fraction of sp³-hybridized carbons (Fsp3) is 0.429. The Balaban J connectivity index is 1.93. The largest absolute Gasteiger partial charge is 0.494 e. The van der Waals surface area contributed by atoms with Crippen molar-refractivity contribution >= 4 is 11.8 Å². The second kappa shape index (κ2) is 5.90. The van der Waals surface area contributed by atoms with Crippen LogP contribution in [0.15, 0.2) is 18.2 Å². The summed E-state index contributed by atoms with van der Waals surface area (Å²) in [5.41, 5.74) is 0.642. The second-order valence-electron chi connectivity index (χ2n) is 4.75. The first-order valence-electron chi connectivity index (χ1n) is 6.38. The lowest BCUT2D eigenvalue weighted by atomic mass is 10.2. The highest BCUT2D eigenvalue weighted by atomic mass is 19.1. The van der Waals surface area contributed by atoms with E-state index >= 15 is 0 Å². The predicted octanol–water partition coefficient (Wildman–Crippen LogP) is 1.07. The minimum absolute atomic E-state index is 0.0272. The lowest BCUT2D eigenvalue weighted by molar-refractivity contribution is -0.133. The average Bonchev–Trinajstić information content (AvgIpc) is 2.76. The second-order valence-corrected chi connectivity index (χ2v) is 4.75. The van der Waals surface area contributed by atoms with Crippen molar-refractivity contribution in [3.8, 4) is 5.75 Å². The third-order valence-corrected chi connectivity index (χ3v) is 3.48. The number of halogens is 1. The smallest absolute Gasteiger partial charge is 0.243 e. The fourth-order valence-corrected chi connectivity index (χ4v) is 2.24. The minimum atomic E-state index is -0.465. The Morgan fingerprint density at radius 1 is 1.55 bits per heavy atom. The van der Waals surface area contributed by atoms with Gasteiger partial charge in [0, 0.05) is 20.0 Å². The molecule has 20 heavy (non-hydrogen) atoms. The van der Waals surface area contributed by atoms with E-state index in [0.717, 1.165) is 0 Å². The molecule has 1 aromatic rings. The Hall–Kier alpha value is -2.11. The lowest BCUT2D eigenvalue weighted by Crippen LogP contribution is -2.42. The van der Waals surface area contributed by atoms with Gasteiger partial charge in [0.25, 0.3) is 0 Å². The van der Waals surface area contributed by atoms with Crippen molar-refractivity contribution in [1.29, 1.82) is 0 Å². The van der Waals surface area contributed by atoms with Gasteiger partial charge in [-0.1, -0.05) is 6.07 Å². The van der Waals surface area contributed by atoms with Crippen LogP contribution in [0, 0.1) is 5.82 Å². The molecule has 1 aliphatic heterocycles. The van der Waals surface area contributed by atoms with Gasteiger partial charge >= 0.3 is 0 Å². The van der Waals surface area contributed by atoms with Crippen LogP contribution in [0.25, 0.3) is 0 Å². The van der Waals surface area contributed by atoms with Crippen molar-refractivity contribution in [3.63, 3.8) is 0 Å². The van der Waals surface area contributed by atoms with Crippen LogP contribution in [-0.2, 0) is 16.1 Å². The minimum Gasteiger partial charge on any atom is -0.494 e. The van der Waals surface area contributed by atoms with Crippen LogP contribution in [0.1, 0.15) is 18.4 Å². The Morgan fingerprint density at radius 2 is 2.30 bits per heavy atom. The first-order chi connectivity index (χ1) is 9.52. The molecule has 108 valence electrons. The first kappa shape index (κ1) is 14.3. The molecule has 6 heteroatoms. The molecule has 0 aliphatic carbocycles. The zero-order chi connectivity index (χ0) is 14.7. The third-order valence-electron chi connectivity index (χ3n) is 3.48. The summed E-state index contributed by atoms with van der Waals surface area (Å²) in [5, 5.41) is 2.72. The van der Waals surface area contributed by atoms with Crippen molar-refractivity contribution in [2.45, 2.75) is 25.4 Å². The van der Waals surface area contributed by atoms with E-state index in [1.54, 1.807) is 13.1 Å². The van der Waals surface area contributed by atoms with Crippen LogP contribution >= 0.6 is 0 Å². The van der Waals surface area contributed by atoms with Crippen LogP contribution in [0.2, 0.25) is 0 Å². The number of likely N-dealkylation sites (tertiary alicyclic amines) is 1. The van der Waals surface area contributed by atoms with Gasteiger partial charge in [0.15, 0.2) is 11.6 Å². The number of carbonyl (C=O) groups excluding carboxylic acids is 2. The maximum absolute atomic E-state index is 13.5. The number of ether oxygens (including phenoxy) is 1. The van der Waals surface area contributed by atoms with Gasteiger partial charge in [-0.15, -0.1) is 0 Å². The van der Waals surface area contributed by atoms with Crippen molar-refractivity contribution in [2.75, 3.05) is 14.2 Å². The molecule has 1 aliphatic rings. The van der Waals surface area contributed by atoms with Crippen molar-refractivity contribution in [2.24, 2.45) is 0 Å². The highest BCUT2D eigenvalue weighted by Gasteiger charge is 2.32. The van der Waals surface area contributed by atoms with Gasteiger partial charge in [0.2, 0.25) is 11.8 Å². The lowest BCUT2D eigenvalue weighted by Gasteiger charge is -2.19. The molecule has 5 nitrogen and oxygen atoms in total. The Labute approximate surface area is 116 Å². The van der Waals surface area contributed by atoms with Crippen LogP contribution in [0.3, 0.4) is 0 Å². The van der Waals surface area contributed by atoms with Gasteiger partial charge in [-0.3, -0.25) is 9.59 Å². The van der Waals surface area contributed by atoms with Gasteiger partial charge in [0.1, 0.15) is 6.04 Å². The van der Waals surface area contributed by atoms with E-state index < -0.39 is 11.9 Å². The number of nitrogens with zero attached hydrogens (tertiary/aromatic N) is 1. The summed E-state index contributed by atoms with van der Waals surface area (Å²) in [6.07, 6.45) is 0.921. The highest BCUT2D eigenvalue weighted by Crippen LogP contribution is 2.18. The summed E-state index contributed by atoms with van der Waals surface area (Å²) < 4.78 is 18.3. The average molecular weight is 280 g/mol. The number of rotatable bonds is 4. The molecule has 1 unspecified atom stereocenters. The van der Waals surface area contributed by atoms with E-state index in [-0.39, 0.29) is 24.1 Å². The SMILES string of the molecule is COc1ccc(CNC(=O)C2CCC(=O)N2C)cc1F. The molecule has 2 amide bonds.